The molecule has 2 rings (SSSR count). The van der Waals surface area contributed by atoms with Crippen molar-refractivity contribution in [3.63, 3.8) is 0 Å². The van der Waals surface area contributed by atoms with Crippen molar-refractivity contribution in [3.05, 3.63) is 65.2 Å². The van der Waals surface area contributed by atoms with Gasteiger partial charge in [0.25, 0.3) is 5.91 Å². The number of carbonyl (C=O) groups excluding carboxylic acids is 2. The molecule has 5 heteroatoms. The van der Waals surface area contributed by atoms with Gasteiger partial charge in [-0.3, -0.25) is 9.59 Å². The molecule has 0 aliphatic rings. The highest BCUT2D eigenvalue weighted by Crippen LogP contribution is 2.14. The van der Waals surface area contributed by atoms with E-state index in [1.807, 2.05) is 55.5 Å². The Hall–Kier alpha value is -2.82. The van der Waals surface area contributed by atoms with Crippen LogP contribution < -0.4 is 15.4 Å². The molecule has 0 saturated heterocycles. The number of benzene rings is 2. The van der Waals surface area contributed by atoms with E-state index in [1.165, 1.54) is 11.1 Å². The molecule has 2 aromatic rings. The monoisotopic (exact) mass is 382 g/mol. The predicted octanol–water partition coefficient (Wildman–Crippen LogP) is 3.82. The third kappa shape index (κ3) is 7.43. The van der Waals surface area contributed by atoms with Gasteiger partial charge in [0, 0.05) is 25.1 Å². The van der Waals surface area contributed by atoms with E-state index in [-0.39, 0.29) is 11.8 Å². The van der Waals surface area contributed by atoms with Crippen LogP contribution in [-0.2, 0) is 4.79 Å². The standard InChI is InChI=1S/C23H30N2O3/c1-17(2)19-8-10-20(11-9-19)23(27)25-15-14-24-22(26)5-4-16-28-21-12-6-18(3)7-13-21/h6-13,17H,4-5,14-16H2,1-3H3,(H,24,26)(H,25,27). The number of hydrogen-bond acceptors (Lipinski definition) is 3. The molecule has 0 heterocycles. The van der Waals surface area contributed by atoms with E-state index in [0.717, 1.165) is 5.75 Å². The fourth-order valence-electron chi connectivity index (χ4n) is 2.65. The Balaban J connectivity index is 1.56. The molecule has 0 aromatic heterocycles. The van der Waals surface area contributed by atoms with Crippen molar-refractivity contribution in [3.8, 4) is 5.75 Å². The van der Waals surface area contributed by atoms with Crippen LogP contribution in [0, 0.1) is 6.92 Å². The van der Waals surface area contributed by atoms with Crippen LogP contribution in [-0.4, -0.2) is 31.5 Å². The summed E-state index contributed by atoms with van der Waals surface area (Å²) in [6, 6.07) is 15.4. The zero-order valence-electron chi connectivity index (χ0n) is 17.0. The van der Waals surface area contributed by atoms with Gasteiger partial charge in [0.1, 0.15) is 5.75 Å². The van der Waals surface area contributed by atoms with E-state index >= 15 is 0 Å². The minimum absolute atomic E-state index is 0.0389. The number of amides is 2. The van der Waals surface area contributed by atoms with Gasteiger partial charge in [-0.15, -0.1) is 0 Å². The van der Waals surface area contributed by atoms with Crippen LogP contribution in [0.25, 0.3) is 0 Å². The van der Waals surface area contributed by atoms with Gasteiger partial charge in [-0.1, -0.05) is 43.7 Å². The van der Waals surface area contributed by atoms with Crippen molar-refractivity contribution >= 4 is 11.8 Å². The number of nitrogens with one attached hydrogen (secondary N) is 2. The lowest BCUT2D eigenvalue weighted by Crippen LogP contribution is -2.34. The van der Waals surface area contributed by atoms with E-state index in [2.05, 4.69) is 24.5 Å². The Morgan fingerprint density at radius 1 is 0.929 bits per heavy atom. The molecule has 0 unspecified atom stereocenters. The summed E-state index contributed by atoms with van der Waals surface area (Å²) in [6.45, 7) is 7.57. The van der Waals surface area contributed by atoms with Crippen molar-refractivity contribution in [1.29, 1.82) is 0 Å². The fraction of sp³-hybridized carbons (Fsp3) is 0.391. The summed E-state index contributed by atoms with van der Waals surface area (Å²) in [5.74, 6) is 1.09. The second-order valence-electron chi connectivity index (χ2n) is 7.15. The van der Waals surface area contributed by atoms with Crippen molar-refractivity contribution < 1.29 is 14.3 Å². The van der Waals surface area contributed by atoms with Gasteiger partial charge in [-0.25, -0.2) is 0 Å². The molecule has 5 nitrogen and oxygen atoms in total. The molecule has 0 aliphatic heterocycles. The summed E-state index contributed by atoms with van der Waals surface area (Å²) in [4.78, 5) is 23.9. The summed E-state index contributed by atoms with van der Waals surface area (Å²) >= 11 is 0. The van der Waals surface area contributed by atoms with E-state index in [9.17, 15) is 9.59 Å². The maximum Gasteiger partial charge on any atom is 0.251 e. The highest BCUT2D eigenvalue weighted by atomic mass is 16.5. The second-order valence-corrected chi connectivity index (χ2v) is 7.15. The Morgan fingerprint density at radius 2 is 1.57 bits per heavy atom. The molecule has 2 N–H and O–H groups in total. The summed E-state index contributed by atoms with van der Waals surface area (Å²) in [5.41, 5.74) is 3.02. The first-order valence-electron chi connectivity index (χ1n) is 9.80. The quantitative estimate of drug-likeness (QED) is 0.614. The lowest BCUT2D eigenvalue weighted by Gasteiger charge is -2.09. The van der Waals surface area contributed by atoms with Gasteiger partial charge < -0.3 is 15.4 Å². The van der Waals surface area contributed by atoms with E-state index in [1.54, 1.807) is 0 Å². The minimum atomic E-state index is -0.129. The molecule has 2 amide bonds. The number of rotatable bonds is 10. The maximum absolute atomic E-state index is 12.1. The molecule has 0 atom stereocenters. The number of aryl methyl sites for hydroxylation is 1. The van der Waals surface area contributed by atoms with Gasteiger partial charge in [-0.05, 0) is 49.1 Å². The van der Waals surface area contributed by atoms with Gasteiger partial charge in [0.15, 0.2) is 0 Å². The number of ether oxygens (including phenoxy) is 1. The predicted molar refractivity (Wildman–Crippen MR) is 112 cm³/mol. The molecule has 2 aromatic carbocycles. The molecule has 0 fully saturated rings. The lowest BCUT2D eigenvalue weighted by molar-refractivity contribution is -0.121. The second kappa shape index (κ2) is 11.1. The molecule has 0 spiro atoms. The van der Waals surface area contributed by atoms with E-state index in [4.69, 9.17) is 4.74 Å². The van der Waals surface area contributed by atoms with Gasteiger partial charge in [0.05, 0.1) is 6.61 Å². The van der Waals surface area contributed by atoms with Crippen molar-refractivity contribution in [1.82, 2.24) is 10.6 Å². The summed E-state index contributed by atoms with van der Waals surface area (Å²) in [7, 11) is 0. The maximum atomic E-state index is 12.1. The zero-order chi connectivity index (χ0) is 20.4. The molecular weight excluding hydrogens is 352 g/mol. The summed E-state index contributed by atoms with van der Waals surface area (Å²) in [5, 5.41) is 5.63. The first kappa shape index (κ1) is 21.5. The third-order valence-corrected chi connectivity index (χ3v) is 4.41. The Bertz CT molecular complexity index is 752. The van der Waals surface area contributed by atoms with Crippen LogP contribution in [0.1, 0.15) is 54.1 Å². The lowest BCUT2D eigenvalue weighted by atomic mass is 10.0. The summed E-state index contributed by atoms with van der Waals surface area (Å²) < 4.78 is 5.60. The Morgan fingerprint density at radius 3 is 2.21 bits per heavy atom. The first-order valence-corrected chi connectivity index (χ1v) is 9.80. The molecular formula is C23H30N2O3. The smallest absolute Gasteiger partial charge is 0.251 e. The highest BCUT2D eigenvalue weighted by Gasteiger charge is 2.06. The molecule has 0 bridgehead atoms. The van der Waals surface area contributed by atoms with Crippen LogP contribution >= 0.6 is 0 Å². The topological polar surface area (TPSA) is 67.4 Å². The van der Waals surface area contributed by atoms with Crippen LogP contribution in [0.2, 0.25) is 0 Å². The van der Waals surface area contributed by atoms with Crippen LogP contribution in [0.5, 0.6) is 5.75 Å². The third-order valence-electron chi connectivity index (χ3n) is 4.41. The Kier molecular flexibility index (Phi) is 8.53. The number of carbonyl (C=O) groups is 2. The molecule has 0 radical (unpaired) electrons. The molecule has 150 valence electrons. The molecule has 28 heavy (non-hydrogen) atoms. The van der Waals surface area contributed by atoms with Crippen molar-refractivity contribution in [2.45, 2.75) is 39.5 Å². The van der Waals surface area contributed by atoms with Crippen molar-refractivity contribution in [2.24, 2.45) is 0 Å². The normalized spacial score (nSPS) is 10.6. The molecule has 0 aliphatic carbocycles. The first-order chi connectivity index (χ1) is 13.5. The van der Waals surface area contributed by atoms with Gasteiger partial charge in [-0.2, -0.15) is 0 Å². The SMILES string of the molecule is Cc1ccc(OCCCC(=O)NCCNC(=O)c2ccc(C(C)C)cc2)cc1. The van der Waals surface area contributed by atoms with E-state index < -0.39 is 0 Å². The van der Waals surface area contributed by atoms with Crippen LogP contribution in [0.15, 0.2) is 48.5 Å². The van der Waals surface area contributed by atoms with Crippen molar-refractivity contribution in [2.75, 3.05) is 19.7 Å². The Labute approximate surface area is 167 Å². The summed E-state index contributed by atoms with van der Waals surface area (Å²) in [6.07, 6.45) is 1.05. The van der Waals surface area contributed by atoms with Gasteiger partial charge >= 0.3 is 0 Å². The van der Waals surface area contributed by atoms with Crippen LogP contribution in [0.3, 0.4) is 0 Å². The van der Waals surface area contributed by atoms with Gasteiger partial charge in [0.2, 0.25) is 5.91 Å². The average molecular weight is 383 g/mol. The largest absolute Gasteiger partial charge is 0.494 e. The van der Waals surface area contributed by atoms with E-state index in [0.29, 0.717) is 44.0 Å². The minimum Gasteiger partial charge on any atom is -0.494 e. The fourth-order valence-corrected chi connectivity index (χ4v) is 2.65. The molecule has 0 saturated carbocycles. The zero-order valence-corrected chi connectivity index (χ0v) is 17.0. The number of hydrogen-bond donors (Lipinski definition) is 2. The highest BCUT2D eigenvalue weighted by molar-refractivity contribution is 5.94. The van der Waals surface area contributed by atoms with Crippen LogP contribution in [0.4, 0.5) is 0 Å². The average Bonchev–Trinajstić information content (AvgIpc) is 2.70.